The van der Waals surface area contributed by atoms with E-state index in [1.54, 1.807) is 30.3 Å². The van der Waals surface area contributed by atoms with E-state index in [0.29, 0.717) is 5.56 Å². The minimum Gasteiger partial charge on any atom is -0.480 e. The summed E-state index contributed by atoms with van der Waals surface area (Å²) >= 11 is 0. The van der Waals surface area contributed by atoms with Gasteiger partial charge in [-0.25, -0.2) is 31.1 Å². The maximum absolute atomic E-state index is 14.6. The highest BCUT2D eigenvalue weighted by molar-refractivity contribution is 5.92. The van der Waals surface area contributed by atoms with Crippen molar-refractivity contribution in [2.24, 2.45) is 11.5 Å². The van der Waals surface area contributed by atoms with Gasteiger partial charge in [0.25, 0.3) is 0 Å². The number of carboxylic acids is 1. The van der Waals surface area contributed by atoms with Crippen molar-refractivity contribution in [2.45, 2.75) is 37.4 Å². The average molecular weight is 625 g/mol. The first-order valence-electron chi connectivity index (χ1n) is 12.7. The molecule has 2 amide bonds. The molecule has 3 atom stereocenters. The highest BCUT2D eigenvalue weighted by Crippen LogP contribution is 2.24. The number of carbonyl (C=O) groups excluding carboxylic acids is 2. The monoisotopic (exact) mass is 624 g/mol. The number of carboxylic acid groups (broad SMARTS) is 1. The molecule has 234 valence electrons. The van der Waals surface area contributed by atoms with E-state index in [2.05, 4.69) is 16.0 Å². The van der Waals surface area contributed by atoms with Gasteiger partial charge in [0.1, 0.15) is 17.9 Å². The number of hydrogen-bond acceptors (Lipinski definition) is 5. The fourth-order valence-corrected chi connectivity index (χ4v) is 4.12. The number of aliphatic carboxylic acids is 1. The van der Waals surface area contributed by atoms with Gasteiger partial charge in [0.2, 0.25) is 17.6 Å². The summed E-state index contributed by atoms with van der Waals surface area (Å²) in [5.74, 6) is -16.4. The van der Waals surface area contributed by atoms with Crippen LogP contribution in [-0.2, 0) is 33.6 Å². The van der Waals surface area contributed by atoms with Crippen LogP contribution in [0.15, 0.2) is 48.5 Å². The van der Waals surface area contributed by atoms with Crippen LogP contribution in [0.1, 0.15) is 16.7 Å². The Morgan fingerprint density at radius 2 is 1.34 bits per heavy atom. The number of nitrogens with one attached hydrogen (secondary N) is 4. The lowest BCUT2D eigenvalue weighted by Crippen LogP contribution is -2.56. The van der Waals surface area contributed by atoms with Gasteiger partial charge in [-0.2, -0.15) is 0 Å². The third-order valence-corrected chi connectivity index (χ3v) is 6.35. The fraction of sp³-hybridized carbons (Fsp3) is 0.214. The van der Waals surface area contributed by atoms with Crippen LogP contribution in [0, 0.1) is 40.3 Å². The van der Waals surface area contributed by atoms with Crippen molar-refractivity contribution in [1.29, 1.82) is 5.41 Å². The second kappa shape index (κ2) is 14.4. The van der Waals surface area contributed by atoms with Crippen LogP contribution in [-0.4, -0.2) is 47.0 Å². The maximum atomic E-state index is 14.6. The molecule has 0 aromatic heterocycles. The van der Waals surface area contributed by atoms with Gasteiger partial charge < -0.3 is 32.5 Å². The largest absolute Gasteiger partial charge is 0.480 e. The van der Waals surface area contributed by atoms with E-state index in [0.717, 1.165) is 6.07 Å². The predicted molar refractivity (Wildman–Crippen MR) is 145 cm³/mol. The summed E-state index contributed by atoms with van der Waals surface area (Å²) in [5.41, 5.74) is 10.0. The van der Waals surface area contributed by atoms with Crippen LogP contribution in [0.25, 0.3) is 0 Å². The van der Waals surface area contributed by atoms with Crippen LogP contribution in [0.3, 0.4) is 0 Å². The number of benzene rings is 3. The summed E-state index contributed by atoms with van der Waals surface area (Å²) in [5, 5.41) is 23.7. The Labute approximate surface area is 245 Å². The topological polar surface area (TPSA) is 183 Å². The number of rotatable bonds is 12. The molecule has 0 unspecified atom stereocenters. The fourth-order valence-electron chi connectivity index (χ4n) is 4.12. The zero-order chi connectivity index (χ0) is 32.7. The van der Waals surface area contributed by atoms with Gasteiger partial charge in [0.05, 0.1) is 6.04 Å². The van der Waals surface area contributed by atoms with Crippen LogP contribution in [0.4, 0.5) is 32.0 Å². The zero-order valence-corrected chi connectivity index (χ0v) is 22.6. The summed E-state index contributed by atoms with van der Waals surface area (Å²) in [6, 6.07) is 6.36. The molecule has 3 aromatic carbocycles. The van der Waals surface area contributed by atoms with E-state index in [9.17, 15) is 45.8 Å². The molecule has 0 fully saturated rings. The van der Waals surface area contributed by atoms with Crippen LogP contribution >= 0.6 is 0 Å². The summed E-state index contributed by atoms with van der Waals surface area (Å²) in [6.07, 6.45) is -1.92. The Morgan fingerprint density at radius 1 is 0.773 bits per heavy atom. The first-order valence-corrected chi connectivity index (χ1v) is 12.7. The molecule has 0 radical (unpaired) electrons. The minimum atomic E-state index is -2.39. The van der Waals surface area contributed by atoms with Gasteiger partial charge in [0.15, 0.2) is 29.2 Å². The van der Waals surface area contributed by atoms with Crippen molar-refractivity contribution >= 4 is 29.4 Å². The first-order chi connectivity index (χ1) is 20.7. The number of hydrogen-bond donors (Lipinski definition) is 7. The van der Waals surface area contributed by atoms with Gasteiger partial charge in [-0.1, -0.05) is 36.4 Å². The van der Waals surface area contributed by atoms with Crippen molar-refractivity contribution in [3.8, 4) is 0 Å². The number of guanidine groups is 1. The van der Waals surface area contributed by atoms with Crippen molar-refractivity contribution in [3.63, 3.8) is 0 Å². The smallest absolute Gasteiger partial charge is 0.326 e. The quantitative estimate of drug-likeness (QED) is 0.0530. The highest BCUT2D eigenvalue weighted by Gasteiger charge is 2.31. The Kier molecular flexibility index (Phi) is 10.9. The Hall–Kier alpha value is -5.12. The van der Waals surface area contributed by atoms with Crippen molar-refractivity contribution < 1.29 is 45.8 Å². The normalized spacial score (nSPS) is 13.0. The average Bonchev–Trinajstić information content (AvgIpc) is 2.97. The molecule has 0 heterocycles. The standard InChI is InChI=1S/C28H26F6N6O4/c29-16-10-14(38-28(36)37)7-6-13(16)9-19(27(43)44)40-26(42)18(8-12-4-2-1-3-5-12)39-25(41)17(35)11-15-20(30)22(32)24(34)23(33)21(15)31/h1-7,10,17-19H,8-9,11,35H2,(H,39,41)(H,40,42)(H,43,44)(H4,36,37,38)/t17-,18-,19-/m0/s1. The van der Waals surface area contributed by atoms with Crippen molar-refractivity contribution in [3.05, 3.63) is 100 Å². The molecule has 0 bridgehead atoms. The lowest BCUT2D eigenvalue weighted by molar-refractivity contribution is -0.142. The SMILES string of the molecule is N=C(N)Nc1ccc(C[C@H](NC(=O)[C@H](Cc2ccccc2)NC(=O)[C@@H](N)Cc2c(F)c(F)c(F)c(F)c2F)C(=O)O)c(F)c1. The molecule has 0 aliphatic rings. The molecule has 16 heteroatoms. The van der Waals surface area contributed by atoms with Crippen LogP contribution < -0.4 is 27.4 Å². The molecular formula is C28H26F6N6O4. The molecule has 0 saturated heterocycles. The molecular weight excluding hydrogens is 598 g/mol. The maximum Gasteiger partial charge on any atom is 0.326 e. The second-order valence-electron chi connectivity index (χ2n) is 9.56. The third kappa shape index (κ3) is 8.25. The summed E-state index contributed by atoms with van der Waals surface area (Å²) in [6.45, 7) is 0. The van der Waals surface area contributed by atoms with E-state index in [1.165, 1.54) is 12.1 Å². The minimum absolute atomic E-state index is 0.113. The van der Waals surface area contributed by atoms with E-state index in [-0.39, 0.29) is 17.7 Å². The first kappa shape index (κ1) is 33.4. The van der Waals surface area contributed by atoms with Crippen LogP contribution in [0.2, 0.25) is 0 Å². The molecule has 0 spiro atoms. The summed E-state index contributed by atoms with van der Waals surface area (Å²) in [7, 11) is 0. The number of amides is 2. The van der Waals surface area contributed by atoms with E-state index < -0.39 is 95.2 Å². The van der Waals surface area contributed by atoms with Crippen molar-refractivity contribution in [1.82, 2.24) is 10.6 Å². The van der Waals surface area contributed by atoms with Gasteiger partial charge in [-0.15, -0.1) is 0 Å². The van der Waals surface area contributed by atoms with Crippen molar-refractivity contribution in [2.75, 3.05) is 5.32 Å². The van der Waals surface area contributed by atoms with E-state index in [1.807, 2.05) is 0 Å². The Bertz CT molecular complexity index is 1550. The molecule has 10 nitrogen and oxygen atoms in total. The molecule has 3 aromatic rings. The number of anilines is 1. The molecule has 0 saturated carbocycles. The Balaban J connectivity index is 1.81. The molecule has 44 heavy (non-hydrogen) atoms. The molecule has 3 rings (SSSR count). The van der Waals surface area contributed by atoms with Crippen LogP contribution in [0.5, 0.6) is 0 Å². The van der Waals surface area contributed by atoms with E-state index >= 15 is 0 Å². The number of halogens is 6. The van der Waals surface area contributed by atoms with Gasteiger partial charge in [0, 0.05) is 30.5 Å². The summed E-state index contributed by atoms with van der Waals surface area (Å²) < 4.78 is 83.5. The third-order valence-electron chi connectivity index (χ3n) is 6.35. The molecule has 0 aliphatic carbocycles. The summed E-state index contributed by atoms with van der Waals surface area (Å²) in [4.78, 5) is 38.0. The predicted octanol–water partition coefficient (Wildman–Crippen LogP) is 2.24. The second-order valence-corrected chi connectivity index (χ2v) is 9.56. The van der Waals surface area contributed by atoms with Gasteiger partial charge in [-0.05, 0) is 23.3 Å². The number of carbonyl (C=O) groups is 3. The van der Waals surface area contributed by atoms with Gasteiger partial charge >= 0.3 is 5.97 Å². The zero-order valence-electron chi connectivity index (χ0n) is 22.6. The highest BCUT2D eigenvalue weighted by atomic mass is 19.2. The van der Waals surface area contributed by atoms with Gasteiger partial charge in [-0.3, -0.25) is 15.0 Å². The lowest BCUT2D eigenvalue weighted by atomic mass is 10.0. The molecule has 9 N–H and O–H groups in total. The lowest BCUT2D eigenvalue weighted by Gasteiger charge is -2.23. The van der Waals surface area contributed by atoms with E-state index in [4.69, 9.17) is 16.9 Å². The Morgan fingerprint density at radius 3 is 1.89 bits per heavy atom. The molecule has 0 aliphatic heterocycles. The number of nitrogens with two attached hydrogens (primary N) is 2.